The lowest BCUT2D eigenvalue weighted by molar-refractivity contribution is 0.364. The lowest BCUT2D eigenvalue weighted by Gasteiger charge is -2.40. The van der Waals surface area contributed by atoms with Gasteiger partial charge in [-0.15, -0.1) is 0 Å². The number of benzene rings is 2. The first kappa shape index (κ1) is 17.7. The van der Waals surface area contributed by atoms with Crippen molar-refractivity contribution in [2.45, 2.75) is 16.7 Å². The summed E-state index contributed by atoms with van der Waals surface area (Å²) >= 11 is 0. The molecule has 0 aliphatic carbocycles. The summed E-state index contributed by atoms with van der Waals surface area (Å²) in [6.45, 7) is 1.77. The molecule has 0 aliphatic rings. The fourth-order valence-corrected chi connectivity index (χ4v) is 4.40. The van der Waals surface area contributed by atoms with Gasteiger partial charge in [0.1, 0.15) is 4.90 Å². The molecule has 1 heterocycles. The van der Waals surface area contributed by atoms with Gasteiger partial charge in [0, 0.05) is 11.6 Å². The SMILES string of the molecule is Cc1ccc(S(=O)(=O)n2ccc3cc(S(F)(F)(F)(F)F)ccc32)cc1. The van der Waals surface area contributed by atoms with Crippen molar-refractivity contribution in [2.24, 2.45) is 0 Å². The number of aromatic nitrogens is 1. The highest BCUT2D eigenvalue weighted by molar-refractivity contribution is 8.45. The van der Waals surface area contributed by atoms with Crippen LogP contribution < -0.4 is 0 Å². The Balaban J connectivity index is 2.19. The van der Waals surface area contributed by atoms with Gasteiger partial charge in [-0.25, -0.2) is 12.4 Å². The van der Waals surface area contributed by atoms with E-state index < -0.39 is 25.1 Å². The maximum Gasteiger partial charge on any atom is 0.310 e. The molecule has 0 amide bonds. The molecule has 0 saturated carbocycles. The zero-order chi connectivity index (χ0) is 18.7. The molecule has 2 aromatic carbocycles. The van der Waals surface area contributed by atoms with Crippen LogP contribution in [0, 0.1) is 6.92 Å². The van der Waals surface area contributed by atoms with Crippen LogP contribution in [0.3, 0.4) is 0 Å². The van der Waals surface area contributed by atoms with Crippen LogP contribution >= 0.6 is 10.2 Å². The van der Waals surface area contributed by atoms with Gasteiger partial charge in [0.25, 0.3) is 10.0 Å². The van der Waals surface area contributed by atoms with Crippen molar-refractivity contribution in [1.82, 2.24) is 3.97 Å². The first-order valence-electron chi connectivity index (χ1n) is 6.86. The Morgan fingerprint density at radius 1 is 0.880 bits per heavy atom. The van der Waals surface area contributed by atoms with E-state index in [0.717, 1.165) is 27.9 Å². The summed E-state index contributed by atoms with van der Waals surface area (Å²) in [6, 6.07) is 8.11. The third-order valence-corrected chi connectivity index (χ3v) is 6.50. The molecule has 0 radical (unpaired) electrons. The molecule has 3 rings (SSSR count). The first-order valence-corrected chi connectivity index (χ1v) is 10.3. The molecule has 136 valence electrons. The van der Waals surface area contributed by atoms with Crippen LogP contribution in [0.15, 0.2) is 64.5 Å². The van der Waals surface area contributed by atoms with Gasteiger partial charge in [-0.05, 0) is 43.3 Å². The average molecular weight is 397 g/mol. The summed E-state index contributed by atoms with van der Waals surface area (Å²) in [5.41, 5.74) is 0.711. The van der Waals surface area contributed by atoms with Gasteiger partial charge in [-0.2, -0.15) is 0 Å². The van der Waals surface area contributed by atoms with Crippen molar-refractivity contribution in [3.05, 3.63) is 60.3 Å². The molecule has 1 aromatic heterocycles. The molecule has 3 nitrogen and oxygen atoms in total. The summed E-state index contributed by atoms with van der Waals surface area (Å²) in [7, 11) is -13.9. The van der Waals surface area contributed by atoms with E-state index in [0.29, 0.717) is 0 Å². The van der Waals surface area contributed by atoms with Crippen LogP contribution in [0.4, 0.5) is 19.4 Å². The highest BCUT2D eigenvalue weighted by Gasteiger charge is 2.65. The van der Waals surface area contributed by atoms with Crippen molar-refractivity contribution in [3.63, 3.8) is 0 Å². The maximum atomic E-state index is 12.9. The minimum absolute atomic E-state index is 0.0626. The van der Waals surface area contributed by atoms with Gasteiger partial charge in [-0.1, -0.05) is 37.1 Å². The van der Waals surface area contributed by atoms with E-state index in [2.05, 4.69) is 0 Å². The minimum Gasteiger partial charge on any atom is -0.241 e. The third kappa shape index (κ3) is 3.23. The van der Waals surface area contributed by atoms with Crippen molar-refractivity contribution in [1.29, 1.82) is 0 Å². The van der Waals surface area contributed by atoms with E-state index in [1.807, 2.05) is 0 Å². The van der Waals surface area contributed by atoms with Gasteiger partial charge in [0.15, 0.2) is 0 Å². The smallest absolute Gasteiger partial charge is 0.241 e. The van der Waals surface area contributed by atoms with Crippen LogP contribution in [0.1, 0.15) is 5.56 Å². The molecular formula is C15H12F5NO2S2. The predicted molar refractivity (Wildman–Crippen MR) is 87.1 cm³/mol. The predicted octanol–water partition coefficient (Wildman–Crippen LogP) is 5.84. The molecule has 0 bridgehead atoms. The highest BCUT2D eigenvalue weighted by Crippen LogP contribution is 3.02. The van der Waals surface area contributed by atoms with Crippen molar-refractivity contribution >= 4 is 31.2 Å². The second kappa shape index (κ2) is 4.55. The number of halogens is 5. The molecule has 0 atom stereocenters. The number of rotatable bonds is 3. The third-order valence-electron chi connectivity index (χ3n) is 3.65. The summed E-state index contributed by atoms with van der Waals surface area (Å²) in [4.78, 5) is -2.12. The van der Waals surface area contributed by atoms with E-state index in [1.54, 1.807) is 19.1 Å². The summed E-state index contributed by atoms with van der Waals surface area (Å²) < 4.78 is 90.5. The van der Waals surface area contributed by atoms with Gasteiger partial charge in [-0.3, -0.25) is 0 Å². The Labute approximate surface area is 140 Å². The summed E-state index contributed by atoms with van der Waals surface area (Å²) in [6.07, 6.45) is 1.04. The fraction of sp³-hybridized carbons (Fsp3) is 0.0667. The average Bonchev–Trinajstić information content (AvgIpc) is 2.89. The van der Waals surface area contributed by atoms with Crippen LogP contribution in [0.25, 0.3) is 10.9 Å². The number of hydrogen-bond acceptors (Lipinski definition) is 2. The molecule has 3 aromatic rings. The minimum atomic E-state index is -9.83. The van der Waals surface area contributed by atoms with Crippen LogP contribution in [-0.4, -0.2) is 12.4 Å². The normalized spacial score (nSPS) is 15.8. The monoisotopic (exact) mass is 397 g/mol. The lowest BCUT2D eigenvalue weighted by Crippen LogP contribution is -2.12. The first-order chi connectivity index (χ1) is 11.2. The molecule has 0 saturated heterocycles. The van der Waals surface area contributed by atoms with E-state index in [4.69, 9.17) is 0 Å². The van der Waals surface area contributed by atoms with Crippen molar-refractivity contribution < 1.29 is 27.8 Å². The highest BCUT2D eigenvalue weighted by atomic mass is 32.5. The van der Waals surface area contributed by atoms with Crippen LogP contribution in [0.2, 0.25) is 0 Å². The molecule has 0 spiro atoms. The summed E-state index contributed by atoms with van der Waals surface area (Å²) in [5, 5.41) is -0.249. The lowest BCUT2D eigenvalue weighted by atomic mass is 10.2. The van der Waals surface area contributed by atoms with Gasteiger partial charge < -0.3 is 0 Å². The van der Waals surface area contributed by atoms with Gasteiger partial charge in [0.05, 0.1) is 10.4 Å². The largest absolute Gasteiger partial charge is 0.310 e. The molecule has 10 heteroatoms. The Morgan fingerprint density at radius 3 is 2.04 bits per heavy atom. The number of fused-ring (bicyclic) bond motifs is 1. The second-order valence-electron chi connectivity index (χ2n) is 5.62. The van der Waals surface area contributed by atoms with E-state index >= 15 is 0 Å². The second-order valence-corrected chi connectivity index (χ2v) is 9.84. The maximum absolute atomic E-state index is 12.9. The van der Waals surface area contributed by atoms with E-state index in [1.165, 1.54) is 12.1 Å². The zero-order valence-corrected chi connectivity index (χ0v) is 14.3. The zero-order valence-electron chi connectivity index (χ0n) is 12.7. The standard InChI is InChI=1S/C15H12F5NO2S2/c1-11-2-4-13(5-3-11)24(22,23)21-9-8-12-10-14(6-7-15(12)21)25(16,17,18,19)20/h2-10H,1H3. The van der Waals surface area contributed by atoms with E-state index in [-0.39, 0.29) is 27.9 Å². The van der Waals surface area contributed by atoms with Gasteiger partial charge in [0.2, 0.25) is 0 Å². The van der Waals surface area contributed by atoms with Crippen molar-refractivity contribution in [3.8, 4) is 0 Å². The Bertz CT molecular complexity index is 1090. The molecule has 0 N–H and O–H groups in total. The van der Waals surface area contributed by atoms with Crippen molar-refractivity contribution in [2.75, 3.05) is 0 Å². The molecule has 0 aliphatic heterocycles. The fourth-order valence-electron chi connectivity index (χ4n) is 2.37. The Hall–Kier alpha value is -2.07. The molecule has 25 heavy (non-hydrogen) atoms. The quantitative estimate of drug-likeness (QED) is 0.521. The van der Waals surface area contributed by atoms with Gasteiger partial charge >= 0.3 is 10.2 Å². The molecule has 0 unspecified atom stereocenters. The molecule has 0 fully saturated rings. The topological polar surface area (TPSA) is 39.1 Å². The number of aryl methyl sites for hydroxylation is 1. The number of hydrogen-bond donors (Lipinski definition) is 0. The Kier molecular flexibility index (Phi) is 3.23. The molecular weight excluding hydrogens is 385 g/mol. The Morgan fingerprint density at radius 2 is 1.48 bits per heavy atom. The van der Waals surface area contributed by atoms with Crippen LogP contribution in [0.5, 0.6) is 0 Å². The van der Waals surface area contributed by atoms with Crippen LogP contribution in [-0.2, 0) is 10.0 Å². The van der Waals surface area contributed by atoms with E-state index in [9.17, 15) is 27.8 Å². The summed E-state index contributed by atoms with van der Waals surface area (Å²) in [5.74, 6) is 0. The number of nitrogens with zero attached hydrogens (tertiary/aromatic N) is 1.